The molecule has 8 nitrogen and oxygen atoms in total. The molecule has 3 heterocycles. The first-order valence-corrected chi connectivity index (χ1v) is 9.18. The molecule has 0 unspecified atom stereocenters. The number of fused-ring (bicyclic) bond motifs is 1. The van der Waals surface area contributed by atoms with Crippen LogP contribution in [0.2, 0.25) is 0 Å². The number of imide groups is 1. The van der Waals surface area contributed by atoms with Crippen molar-refractivity contribution >= 4 is 23.6 Å². The summed E-state index contributed by atoms with van der Waals surface area (Å²) in [6, 6.07) is 6.90. The topological polar surface area (TPSA) is 90.2 Å². The van der Waals surface area contributed by atoms with Crippen molar-refractivity contribution in [3.05, 3.63) is 35.4 Å². The Hall–Kier alpha value is -2.26. The number of aromatic nitrogens is 4. The molecule has 130 valence electrons. The minimum absolute atomic E-state index is 0.152. The molecule has 0 spiro atoms. The third-order valence-corrected chi connectivity index (χ3v) is 5.26. The number of thioether (sulfide) groups is 1. The fraction of sp³-hybridized carbons (Fsp3) is 0.438. The van der Waals surface area contributed by atoms with Gasteiger partial charge in [-0.1, -0.05) is 23.9 Å². The van der Waals surface area contributed by atoms with Gasteiger partial charge in [-0.3, -0.25) is 14.5 Å². The number of carbonyl (C=O) groups is 2. The van der Waals surface area contributed by atoms with Gasteiger partial charge >= 0.3 is 0 Å². The highest BCUT2D eigenvalue weighted by molar-refractivity contribution is 7.99. The molecule has 0 saturated carbocycles. The van der Waals surface area contributed by atoms with E-state index in [1.54, 1.807) is 28.9 Å². The summed E-state index contributed by atoms with van der Waals surface area (Å²) in [6.07, 6.45) is 2.23. The third-order valence-electron chi connectivity index (χ3n) is 4.32. The zero-order valence-corrected chi connectivity index (χ0v) is 14.3. The Morgan fingerprint density at radius 2 is 1.96 bits per heavy atom. The molecule has 9 heteroatoms. The molecular formula is C16H17N5O3S. The quantitative estimate of drug-likeness (QED) is 0.566. The molecule has 1 aromatic carbocycles. The monoisotopic (exact) mass is 359 g/mol. The second-order valence-electron chi connectivity index (χ2n) is 5.93. The first-order valence-electron chi connectivity index (χ1n) is 8.20. The molecule has 4 rings (SSSR count). The Kier molecular flexibility index (Phi) is 4.50. The van der Waals surface area contributed by atoms with Crippen molar-refractivity contribution in [1.82, 2.24) is 25.1 Å². The maximum absolute atomic E-state index is 12.3. The fourth-order valence-electron chi connectivity index (χ4n) is 3.07. The highest BCUT2D eigenvalue weighted by atomic mass is 32.2. The van der Waals surface area contributed by atoms with E-state index in [2.05, 4.69) is 15.5 Å². The molecular weight excluding hydrogens is 342 g/mol. The minimum Gasteiger partial charge on any atom is -0.376 e. The summed E-state index contributed by atoms with van der Waals surface area (Å²) in [5.41, 5.74) is 0.946. The van der Waals surface area contributed by atoms with Gasteiger partial charge in [0.15, 0.2) is 0 Å². The van der Waals surface area contributed by atoms with E-state index < -0.39 is 0 Å². The molecule has 1 atom stereocenters. The van der Waals surface area contributed by atoms with Crippen LogP contribution < -0.4 is 0 Å². The average Bonchev–Trinajstić information content (AvgIpc) is 3.34. The lowest BCUT2D eigenvalue weighted by atomic mass is 10.1. The molecule has 2 aliphatic rings. The zero-order chi connectivity index (χ0) is 17.2. The van der Waals surface area contributed by atoms with Crippen molar-refractivity contribution in [3.63, 3.8) is 0 Å². The van der Waals surface area contributed by atoms with Gasteiger partial charge < -0.3 is 4.74 Å². The summed E-state index contributed by atoms with van der Waals surface area (Å²) in [5, 5.41) is 12.4. The average molecular weight is 359 g/mol. The summed E-state index contributed by atoms with van der Waals surface area (Å²) in [6.45, 7) is 1.74. The summed E-state index contributed by atoms with van der Waals surface area (Å²) in [4.78, 5) is 25.9. The highest BCUT2D eigenvalue weighted by Crippen LogP contribution is 2.24. The fourth-order valence-corrected chi connectivity index (χ4v) is 3.88. The number of amides is 2. The van der Waals surface area contributed by atoms with Crippen LogP contribution in [0.5, 0.6) is 0 Å². The molecule has 0 radical (unpaired) electrons. The van der Waals surface area contributed by atoms with E-state index in [0.717, 1.165) is 19.4 Å². The van der Waals surface area contributed by atoms with Crippen molar-refractivity contribution < 1.29 is 14.3 Å². The summed E-state index contributed by atoms with van der Waals surface area (Å²) in [7, 11) is 0. The van der Waals surface area contributed by atoms with E-state index in [0.29, 0.717) is 35.1 Å². The zero-order valence-electron chi connectivity index (χ0n) is 13.5. The Bertz CT molecular complexity index is 768. The second kappa shape index (κ2) is 6.93. The van der Waals surface area contributed by atoms with Gasteiger partial charge in [0.05, 0.1) is 23.8 Å². The molecule has 1 aromatic heterocycles. The van der Waals surface area contributed by atoms with Crippen molar-refractivity contribution in [2.75, 3.05) is 18.9 Å². The number of ether oxygens (including phenoxy) is 1. The number of nitrogens with zero attached hydrogens (tertiary/aromatic N) is 5. The maximum atomic E-state index is 12.3. The smallest absolute Gasteiger partial charge is 0.261 e. The number of tetrazole rings is 1. The van der Waals surface area contributed by atoms with Gasteiger partial charge in [0.2, 0.25) is 5.16 Å². The SMILES string of the molecule is O=C1c2ccccc2C(=O)N1CCSc1nnnn1C[C@@H]1CCCO1. The van der Waals surface area contributed by atoms with Crippen LogP contribution >= 0.6 is 11.8 Å². The minimum atomic E-state index is -0.236. The molecule has 2 aromatic rings. The molecule has 1 fully saturated rings. The largest absolute Gasteiger partial charge is 0.376 e. The highest BCUT2D eigenvalue weighted by Gasteiger charge is 2.34. The normalized spacial score (nSPS) is 19.7. The molecule has 0 aliphatic carbocycles. The van der Waals surface area contributed by atoms with Crippen LogP contribution in [-0.4, -0.2) is 61.9 Å². The number of hydrogen-bond acceptors (Lipinski definition) is 7. The number of benzene rings is 1. The Morgan fingerprint density at radius 3 is 2.64 bits per heavy atom. The standard InChI is InChI=1S/C16H17N5O3S/c22-14-12-5-1-2-6-13(12)15(23)20(14)7-9-25-16-17-18-19-21(16)10-11-4-3-8-24-11/h1-2,5-6,11H,3-4,7-10H2/t11-/m0/s1. The van der Waals surface area contributed by atoms with Crippen molar-refractivity contribution in [2.24, 2.45) is 0 Å². The van der Waals surface area contributed by atoms with Crippen LogP contribution in [-0.2, 0) is 11.3 Å². The molecule has 1 saturated heterocycles. The number of rotatable bonds is 6. The summed E-state index contributed by atoms with van der Waals surface area (Å²) in [5.74, 6) is 0.0671. The van der Waals surface area contributed by atoms with E-state index in [9.17, 15) is 9.59 Å². The summed E-state index contributed by atoms with van der Waals surface area (Å²) < 4.78 is 7.33. The van der Waals surface area contributed by atoms with Crippen molar-refractivity contribution in [2.45, 2.75) is 30.6 Å². The van der Waals surface area contributed by atoms with Gasteiger partial charge in [-0.05, 0) is 35.4 Å². The van der Waals surface area contributed by atoms with E-state index in [1.807, 2.05) is 0 Å². The lowest BCUT2D eigenvalue weighted by Gasteiger charge is -2.13. The number of hydrogen-bond donors (Lipinski definition) is 0. The first-order chi connectivity index (χ1) is 12.2. The predicted molar refractivity (Wildman–Crippen MR) is 89.3 cm³/mol. The van der Waals surface area contributed by atoms with Gasteiger partial charge in [-0.15, -0.1) is 5.10 Å². The van der Waals surface area contributed by atoms with Crippen LogP contribution in [0.25, 0.3) is 0 Å². The molecule has 0 N–H and O–H groups in total. The Morgan fingerprint density at radius 1 is 1.20 bits per heavy atom. The Labute approximate surface area is 148 Å². The van der Waals surface area contributed by atoms with Gasteiger partial charge in [0.25, 0.3) is 11.8 Å². The lowest BCUT2D eigenvalue weighted by molar-refractivity contribution is 0.0664. The lowest BCUT2D eigenvalue weighted by Crippen LogP contribution is -2.31. The number of carbonyl (C=O) groups excluding carboxylic acids is 2. The molecule has 2 amide bonds. The van der Waals surface area contributed by atoms with Gasteiger partial charge in [-0.25, -0.2) is 4.68 Å². The van der Waals surface area contributed by atoms with Gasteiger partial charge in [-0.2, -0.15) is 0 Å². The molecule has 25 heavy (non-hydrogen) atoms. The first kappa shape index (κ1) is 16.2. The van der Waals surface area contributed by atoms with Crippen LogP contribution in [0.4, 0.5) is 0 Å². The maximum Gasteiger partial charge on any atom is 0.261 e. The van der Waals surface area contributed by atoms with Gasteiger partial charge in [0.1, 0.15) is 0 Å². The molecule has 2 aliphatic heterocycles. The van der Waals surface area contributed by atoms with Crippen LogP contribution in [0.1, 0.15) is 33.6 Å². The Balaban J connectivity index is 1.35. The van der Waals surface area contributed by atoms with E-state index >= 15 is 0 Å². The van der Waals surface area contributed by atoms with Crippen LogP contribution in [0.15, 0.2) is 29.4 Å². The third kappa shape index (κ3) is 3.16. The summed E-state index contributed by atoms with van der Waals surface area (Å²) >= 11 is 1.43. The second-order valence-corrected chi connectivity index (χ2v) is 7.00. The van der Waals surface area contributed by atoms with Gasteiger partial charge in [0, 0.05) is 18.9 Å². The predicted octanol–water partition coefficient (Wildman–Crippen LogP) is 1.24. The van der Waals surface area contributed by atoms with Crippen molar-refractivity contribution in [3.8, 4) is 0 Å². The van der Waals surface area contributed by atoms with E-state index in [4.69, 9.17) is 4.74 Å². The molecule has 0 bridgehead atoms. The van der Waals surface area contributed by atoms with Crippen LogP contribution in [0, 0.1) is 0 Å². The van der Waals surface area contributed by atoms with Crippen molar-refractivity contribution in [1.29, 1.82) is 0 Å². The van der Waals surface area contributed by atoms with Crippen LogP contribution in [0.3, 0.4) is 0 Å². The van der Waals surface area contributed by atoms with E-state index in [1.165, 1.54) is 16.7 Å². The van der Waals surface area contributed by atoms with E-state index in [-0.39, 0.29) is 17.9 Å².